The van der Waals surface area contributed by atoms with E-state index >= 15 is 0 Å². The molecule has 0 saturated carbocycles. The third-order valence-electron chi connectivity index (χ3n) is 0.707. The molecule has 0 atom stereocenters. The van der Waals surface area contributed by atoms with Gasteiger partial charge in [-0.3, -0.25) is 0 Å². The molecule has 0 bridgehead atoms. The summed E-state index contributed by atoms with van der Waals surface area (Å²) in [7, 11) is 0. The van der Waals surface area contributed by atoms with Crippen molar-refractivity contribution in [1.29, 1.82) is 0 Å². The molecule has 0 aromatic rings. The maximum atomic E-state index is 4.71. The number of rotatable bonds is 2. The first-order chi connectivity index (χ1) is 5.56. The Bertz CT molecular complexity index is 68.0. The predicted octanol–water partition coefficient (Wildman–Crippen LogP) is 3.40. The van der Waals surface area contributed by atoms with Gasteiger partial charge in [-0.25, -0.2) is 0 Å². The largest absolute Gasteiger partial charge is 2.00 e. The topological polar surface area (TPSA) is 26.0 Å². The van der Waals surface area contributed by atoms with E-state index in [4.69, 9.17) is 5.73 Å². The molecule has 2 N–H and O–H groups in total. The van der Waals surface area contributed by atoms with Crippen molar-refractivity contribution in [2.45, 2.75) is 39.5 Å². The molecule has 1 radical (unpaired) electrons. The van der Waals surface area contributed by atoms with Gasteiger partial charge >= 0.3 is 17.1 Å². The maximum Gasteiger partial charge on any atom is 2.00 e. The number of nitrogens with two attached hydrogens (primary N) is 1. The molecule has 4 heteroatoms. The summed E-state index contributed by atoms with van der Waals surface area (Å²) >= 11 is 7.65. The molecule has 0 saturated heterocycles. The fraction of sp³-hybridized carbons (Fsp3) is 0.667. The molecule has 1 nitrogen and oxygen atoms in total. The van der Waals surface area contributed by atoms with E-state index in [-0.39, 0.29) is 21.4 Å². The molecular weight excluding hydrogens is 250 g/mol. The first-order valence-electron chi connectivity index (χ1n) is 4.13. The van der Waals surface area contributed by atoms with Crippen LogP contribution in [0.2, 0.25) is 0 Å². The average molecular weight is 271 g/mol. The van der Waals surface area contributed by atoms with Crippen LogP contribution in [0.1, 0.15) is 39.5 Å². The summed E-state index contributed by atoms with van der Waals surface area (Å²) < 4.78 is 0.194. The van der Waals surface area contributed by atoms with E-state index in [0.29, 0.717) is 0 Å². The molecule has 0 rings (SSSR count). The van der Waals surface area contributed by atoms with Crippen LogP contribution in [0.15, 0.2) is 0 Å². The van der Waals surface area contributed by atoms with E-state index in [1.54, 1.807) is 0 Å². The summed E-state index contributed by atoms with van der Waals surface area (Å²) in [5, 5.41) is 0. The van der Waals surface area contributed by atoms with Gasteiger partial charge in [0.15, 0.2) is 0 Å². The Hall–Kier alpha value is 0.759. The Kier molecular flexibility index (Phi) is 53.0. The van der Waals surface area contributed by atoms with Crippen molar-refractivity contribution in [3.63, 3.8) is 0 Å². The van der Waals surface area contributed by atoms with Crippen LogP contribution in [-0.4, -0.2) is 4.32 Å². The second kappa shape index (κ2) is 29.3. The summed E-state index contributed by atoms with van der Waals surface area (Å²) in [6.07, 6.45) is 4.56. The first kappa shape index (κ1) is 23.5. The van der Waals surface area contributed by atoms with E-state index in [9.17, 15) is 0 Å². The average Bonchev–Trinajstić information content (AvgIpc) is 2.03. The van der Waals surface area contributed by atoms with Crippen molar-refractivity contribution in [3.05, 3.63) is 13.8 Å². The molecule has 0 heterocycles. The van der Waals surface area contributed by atoms with E-state index < -0.39 is 0 Å². The molecule has 0 fully saturated rings. The fourth-order valence-corrected chi connectivity index (χ4v) is 0. The SMILES string of the molecule is NC(=S)S.[CH2-]CCC.[CH2-]CCC.[Cu+2]. The third-order valence-corrected chi connectivity index (χ3v) is 0.707. The third kappa shape index (κ3) is 194. The molecule has 85 valence electrons. The van der Waals surface area contributed by atoms with Gasteiger partial charge in [0.2, 0.25) is 0 Å². The van der Waals surface area contributed by atoms with Crippen LogP contribution in [0.3, 0.4) is 0 Å². The Morgan fingerprint density at radius 3 is 1.31 bits per heavy atom. The number of hydrogen-bond acceptors (Lipinski definition) is 1. The van der Waals surface area contributed by atoms with Crippen LogP contribution in [0, 0.1) is 13.8 Å². The quantitative estimate of drug-likeness (QED) is 0.348. The van der Waals surface area contributed by atoms with Crippen LogP contribution in [0.5, 0.6) is 0 Å². The summed E-state index contributed by atoms with van der Waals surface area (Å²) in [5.41, 5.74) is 4.71. The molecule has 0 unspecified atom stereocenters. The Morgan fingerprint density at radius 2 is 1.31 bits per heavy atom. The molecule has 0 aromatic heterocycles. The van der Waals surface area contributed by atoms with Crippen LogP contribution in [-0.2, 0) is 17.1 Å². The Morgan fingerprint density at radius 1 is 1.23 bits per heavy atom. The van der Waals surface area contributed by atoms with Crippen molar-refractivity contribution in [1.82, 2.24) is 0 Å². The minimum atomic E-state index is 0. The zero-order chi connectivity index (χ0) is 10.4. The van der Waals surface area contributed by atoms with Gasteiger partial charge in [-0.1, -0.05) is 38.9 Å². The zero-order valence-electron chi connectivity index (χ0n) is 8.48. The van der Waals surface area contributed by atoms with E-state index in [2.05, 4.69) is 52.5 Å². The molecule has 0 aliphatic heterocycles. The van der Waals surface area contributed by atoms with Crippen LogP contribution in [0.4, 0.5) is 0 Å². The number of hydrogen-bond donors (Lipinski definition) is 2. The summed E-state index contributed by atoms with van der Waals surface area (Å²) in [5.74, 6) is 0. The van der Waals surface area contributed by atoms with Crippen molar-refractivity contribution in [3.8, 4) is 0 Å². The molecule has 0 spiro atoms. The molecular formula is C9H21CuNS2. The van der Waals surface area contributed by atoms with Gasteiger partial charge in [0.25, 0.3) is 0 Å². The summed E-state index contributed by atoms with van der Waals surface area (Å²) in [6.45, 7) is 11.4. The summed E-state index contributed by atoms with van der Waals surface area (Å²) in [6, 6.07) is 0. The van der Waals surface area contributed by atoms with Gasteiger partial charge < -0.3 is 19.6 Å². The van der Waals surface area contributed by atoms with Crippen LogP contribution >= 0.6 is 24.8 Å². The Balaban J connectivity index is -0.0000000450. The monoisotopic (exact) mass is 270 g/mol. The van der Waals surface area contributed by atoms with Gasteiger partial charge in [0.1, 0.15) is 4.32 Å². The van der Waals surface area contributed by atoms with Crippen molar-refractivity contribution < 1.29 is 17.1 Å². The van der Waals surface area contributed by atoms with E-state index in [1.165, 1.54) is 12.8 Å². The van der Waals surface area contributed by atoms with Gasteiger partial charge in [0.05, 0.1) is 0 Å². The van der Waals surface area contributed by atoms with Crippen LogP contribution in [0.25, 0.3) is 0 Å². The molecule has 13 heavy (non-hydrogen) atoms. The number of thiocarbonyl (C=S) groups is 1. The Labute approximate surface area is 105 Å². The minimum Gasteiger partial charge on any atom is -0.385 e. The smallest absolute Gasteiger partial charge is 0.385 e. The van der Waals surface area contributed by atoms with Gasteiger partial charge in [-0.05, 0) is 0 Å². The minimum absolute atomic E-state index is 0. The zero-order valence-corrected chi connectivity index (χ0v) is 11.1. The first-order valence-corrected chi connectivity index (χ1v) is 4.99. The van der Waals surface area contributed by atoms with Gasteiger partial charge in [0, 0.05) is 0 Å². The molecule has 0 aliphatic carbocycles. The van der Waals surface area contributed by atoms with Gasteiger partial charge in [-0.15, -0.1) is 12.6 Å². The normalized spacial score (nSPS) is 6.54. The standard InChI is InChI=1S/2C4H9.CH3NS2.Cu/c2*1-3-4-2;2-1(3)4;/h2*1,3-4H2,2H3;(H3,2,3,4);/q2*-1;;+2. The fourth-order valence-electron chi connectivity index (χ4n) is 0. The predicted molar refractivity (Wildman–Crippen MR) is 66.3 cm³/mol. The summed E-state index contributed by atoms with van der Waals surface area (Å²) in [4.78, 5) is 0. The van der Waals surface area contributed by atoms with Crippen molar-refractivity contribution in [2.75, 3.05) is 0 Å². The van der Waals surface area contributed by atoms with E-state index in [1.807, 2.05) is 0 Å². The number of unbranched alkanes of at least 4 members (excludes halogenated alkanes) is 2. The second-order valence-electron chi connectivity index (χ2n) is 2.05. The van der Waals surface area contributed by atoms with Crippen molar-refractivity contribution in [2.24, 2.45) is 5.73 Å². The second-order valence-corrected chi connectivity index (χ2v) is 3.27. The molecule has 0 aliphatic rings. The van der Waals surface area contributed by atoms with Crippen molar-refractivity contribution >= 4 is 29.2 Å². The number of thiol groups is 1. The molecule has 0 amide bonds. The maximum absolute atomic E-state index is 4.71. The van der Waals surface area contributed by atoms with Gasteiger partial charge in [-0.2, -0.15) is 12.8 Å². The molecule has 0 aromatic carbocycles. The van der Waals surface area contributed by atoms with Crippen LogP contribution < -0.4 is 5.73 Å². The van der Waals surface area contributed by atoms with E-state index in [0.717, 1.165) is 12.8 Å².